The van der Waals surface area contributed by atoms with Crippen LogP contribution in [0.3, 0.4) is 0 Å². The first-order chi connectivity index (χ1) is 13.1. The van der Waals surface area contributed by atoms with Crippen LogP contribution in [0.2, 0.25) is 10.0 Å². The van der Waals surface area contributed by atoms with Crippen LogP contribution in [0.1, 0.15) is 11.1 Å². The molecule has 4 aromatic rings. The number of hydrogen-bond donors (Lipinski definition) is 1. The van der Waals surface area contributed by atoms with Gasteiger partial charge in [0.15, 0.2) is 5.52 Å². The molecule has 0 aliphatic heterocycles. The third-order valence-corrected chi connectivity index (χ3v) is 5.89. The molecule has 0 unspecified atom stereocenters. The maximum atomic E-state index is 12.1. The van der Waals surface area contributed by atoms with Crippen molar-refractivity contribution in [3.8, 4) is 0 Å². The number of thioether (sulfide) groups is 1. The molecule has 0 aliphatic rings. The first kappa shape index (κ1) is 18.1. The summed E-state index contributed by atoms with van der Waals surface area (Å²) in [6, 6.07) is 15.3. The van der Waals surface area contributed by atoms with E-state index in [1.54, 1.807) is 6.33 Å². The lowest BCUT2D eigenvalue weighted by Gasteiger charge is -2.09. The minimum absolute atomic E-state index is 0.315. The van der Waals surface area contributed by atoms with Crippen LogP contribution in [-0.4, -0.2) is 19.7 Å². The predicted octanol–water partition coefficient (Wildman–Crippen LogP) is 4.77. The molecule has 1 N–H and O–H groups in total. The number of aromatic amines is 1. The molecule has 0 aliphatic carbocycles. The molecule has 0 spiro atoms. The summed E-state index contributed by atoms with van der Waals surface area (Å²) >= 11 is 14.0. The zero-order valence-electron chi connectivity index (χ0n) is 14.0. The lowest BCUT2D eigenvalue weighted by Crippen LogP contribution is -2.11. The lowest BCUT2D eigenvalue weighted by molar-refractivity contribution is 0.805. The second-order valence-electron chi connectivity index (χ2n) is 5.90. The van der Waals surface area contributed by atoms with E-state index < -0.39 is 0 Å². The van der Waals surface area contributed by atoms with Crippen LogP contribution in [0.5, 0.6) is 0 Å². The zero-order chi connectivity index (χ0) is 18.8. The highest BCUT2D eigenvalue weighted by Crippen LogP contribution is 2.29. The van der Waals surface area contributed by atoms with E-state index in [1.807, 2.05) is 53.1 Å². The summed E-state index contributed by atoms with van der Waals surface area (Å²) in [4.78, 5) is 16.4. The normalized spacial score (nSPS) is 11.2. The van der Waals surface area contributed by atoms with Gasteiger partial charge in [-0.1, -0.05) is 71.4 Å². The van der Waals surface area contributed by atoms with Crippen molar-refractivity contribution in [1.82, 2.24) is 19.7 Å². The molecule has 0 saturated carbocycles. The summed E-state index contributed by atoms with van der Waals surface area (Å²) < 4.78 is 1.90. The first-order valence-corrected chi connectivity index (χ1v) is 9.91. The highest BCUT2D eigenvalue weighted by atomic mass is 35.5. The number of imidazole rings is 1. The van der Waals surface area contributed by atoms with Crippen molar-refractivity contribution in [3.05, 3.63) is 86.4 Å². The van der Waals surface area contributed by atoms with E-state index in [2.05, 4.69) is 15.2 Å². The summed E-state index contributed by atoms with van der Waals surface area (Å²) in [7, 11) is 0. The minimum atomic E-state index is -0.315. The monoisotopic (exact) mass is 416 g/mol. The van der Waals surface area contributed by atoms with Crippen molar-refractivity contribution in [2.45, 2.75) is 17.3 Å². The first-order valence-electron chi connectivity index (χ1n) is 8.16. The standard InChI is InChI=1S/C19H14Cl2N4OS/c20-14-7-3-1-5-12(14)9-25-11-22-16-17(25)19(24-23-18(16)26)27-10-13-6-2-4-8-15(13)21/h1-8,11H,9-10H2,(H,23,26). The molecule has 136 valence electrons. The number of rotatable bonds is 5. The Labute approximate surface area is 169 Å². The fourth-order valence-corrected chi connectivity index (χ4v) is 4.25. The number of H-pyrrole nitrogens is 1. The maximum Gasteiger partial charge on any atom is 0.292 e. The molecule has 0 bridgehead atoms. The number of aromatic nitrogens is 4. The Hall–Kier alpha value is -2.28. The third-order valence-electron chi connectivity index (χ3n) is 4.14. The van der Waals surface area contributed by atoms with E-state index in [9.17, 15) is 4.79 Å². The Balaban J connectivity index is 1.72. The van der Waals surface area contributed by atoms with E-state index in [1.165, 1.54) is 11.8 Å². The molecule has 2 aromatic heterocycles. The molecule has 0 fully saturated rings. The maximum absolute atomic E-state index is 12.1. The van der Waals surface area contributed by atoms with Crippen molar-refractivity contribution >= 4 is 46.0 Å². The quantitative estimate of drug-likeness (QED) is 0.476. The average molecular weight is 417 g/mol. The van der Waals surface area contributed by atoms with Gasteiger partial charge in [0.1, 0.15) is 10.5 Å². The molecule has 0 atom stereocenters. The fourth-order valence-electron chi connectivity index (χ4n) is 2.77. The van der Waals surface area contributed by atoms with Crippen LogP contribution >= 0.6 is 35.0 Å². The Morgan fingerprint density at radius 1 is 1.00 bits per heavy atom. The molecular weight excluding hydrogens is 403 g/mol. The molecule has 4 rings (SSSR count). The molecule has 27 heavy (non-hydrogen) atoms. The van der Waals surface area contributed by atoms with Gasteiger partial charge >= 0.3 is 0 Å². The summed E-state index contributed by atoms with van der Waals surface area (Å²) in [5.74, 6) is 0.630. The summed E-state index contributed by atoms with van der Waals surface area (Å²) in [6.45, 7) is 0.501. The Morgan fingerprint density at radius 3 is 2.37 bits per heavy atom. The number of hydrogen-bond acceptors (Lipinski definition) is 4. The van der Waals surface area contributed by atoms with E-state index in [-0.39, 0.29) is 5.56 Å². The smallest absolute Gasteiger partial charge is 0.292 e. The lowest BCUT2D eigenvalue weighted by atomic mass is 10.2. The van der Waals surface area contributed by atoms with Crippen molar-refractivity contribution in [1.29, 1.82) is 0 Å². The van der Waals surface area contributed by atoms with Crippen molar-refractivity contribution in [3.63, 3.8) is 0 Å². The van der Waals surface area contributed by atoms with E-state index in [0.717, 1.165) is 11.1 Å². The van der Waals surface area contributed by atoms with Gasteiger partial charge in [-0.25, -0.2) is 10.1 Å². The summed E-state index contributed by atoms with van der Waals surface area (Å²) in [5.41, 5.74) is 2.68. The van der Waals surface area contributed by atoms with Crippen LogP contribution < -0.4 is 5.56 Å². The molecular formula is C19H14Cl2N4OS. The molecule has 2 aromatic carbocycles. The van der Waals surface area contributed by atoms with Crippen LogP contribution in [0, 0.1) is 0 Å². The van der Waals surface area contributed by atoms with Gasteiger partial charge in [0.2, 0.25) is 0 Å². The van der Waals surface area contributed by atoms with Crippen molar-refractivity contribution < 1.29 is 0 Å². The van der Waals surface area contributed by atoms with Gasteiger partial charge in [0, 0.05) is 15.8 Å². The minimum Gasteiger partial charge on any atom is -0.324 e. The van der Waals surface area contributed by atoms with Gasteiger partial charge in [-0.05, 0) is 23.3 Å². The highest BCUT2D eigenvalue weighted by molar-refractivity contribution is 7.98. The molecule has 0 radical (unpaired) electrons. The second kappa shape index (κ2) is 7.76. The topological polar surface area (TPSA) is 63.6 Å². The number of benzene rings is 2. The predicted molar refractivity (Wildman–Crippen MR) is 110 cm³/mol. The Bertz CT molecular complexity index is 1170. The summed E-state index contributed by atoms with van der Waals surface area (Å²) in [6.07, 6.45) is 1.64. The zero-order valence-corrected chi connectivity index (χ0v) is 16.4. The van der Waals surface area contributed by atoms with Gasteiger partial charge in [-0.2, -0.15) is 5.10 Å². The number of nitrogens with zero attached hydrogens (tertiary/aromatic N) is 3. The van der Waals surface area contributed by atoms with Gasteiger partial charge in [0.25, 0.3) is 5.56 Å². The molecule has 0 saturated heterocycles. The molecule has 0 amide bonds. The van der Waals surface area contributed by atoms with Crippen LogP contribution in [0.4, 0.5) is 0 Å². The van der Waals surface area contributed by atoms with Gasteiger partial charge in [-0.15, -0.1) is 0 Å². The molecule has 8 heteroatoms. The van der Waals surface area contributed by atoms with Crippen LogP contribution in [0.15, 0.2) is 64.7 Å². The van der Waals surface area contributed by atoms with E-state index in [0.29, 0.717) is 38.4 Å². The third kappa shape index (κ3) is 3.74. The Morgan fingerprint density at radius 2 is 1.67 bits per heavy atom. The SMILES string of the molecule is O=c1[nH]nc(SCc2ccccc2Cl)c2c1ncn2Cc1ccccc1Cl. The molecule has 2 heterocycles. The Kier molecular flexibility index (Phi) is 5.20. The average Bonchev–Trinajstić information content (AvgIpc) is 3.09. The molecule has 5 nitrogen and oxygen atoms in total. The van der Waals surface area contributed by atoms with Crippen molar-refractivity contribution in [2.24, 2.45) is 0 Å². The van der Waals surface area contributed by atoms with E-state index >= 15 is 0 Å². The largest absolute Gasteiger partial charge is 0.324 e. The highest BCUT2D eigenvalue weighted by Gasteiger charge is 2.15. The van der Waals surface area contributed by atoms with Crippen LogP contribution in [-0.2, 0) is 12.3 Å². The second-order valence-corrected chi connectivity index (χ2v) is 7.68. The number of nitrogens with one attached hydrogen (secondary N) is 1. The number of halogens is 2. The van der Waals surface area contributed by atoms with Crippen molar-refractivity contribution in [2.75, 3.05) is 0 Å². The summed E-state index contributed by atoms with van der Waals surface area (Å²) in [5, 5.41) is 8.82. The van der Waals surface area contributed by atoms with Gasteiger partial charge in [0.05, 0.1) is 12.9 Å². The van der Waals surface area contributed by atoms with Gasteiger partial charge < -0.3 is 4.57 Å². The van der Waals surface area contributed by atoms with Crippen LogP contribution in [0.25, 0.3) is 11.0 Å². The van der Waals surface area contributed by atoms with E-state index in [4.69, 9.17) is 23.2 Å². The fraction of sp³-hybridized carbons (Fsp3) is 0.105. The van der Waals surface area contributed by atoms with Gasteiger partial charge in [-0.3, -0.25) is 4.79 Å². The number of fused-ring (bicyclic) bond motifs is 1.